The summed E-state index contributed by atoms with van der Waals surface area (Å²) >= 11 is 0. The normalized spacial score (nSPS) is 33.5. The second kappa shape index (κ2) is 14.1. The lowest BCUT2D eigenvalue weighted by molar-refractivity contribution is -0.352. The fourth-order valence-electron chi connectivity index (χ4n) is 4.71. The molecular formula is C24H31N3O9. The number of fused-ring (bicyclic) bond motifs is 1. The summed E-state index contributed by atoms with van der Waals surface area (Å²) in [5, 5.41) is 3.96. The Balaban J connectivity index is 0.00000115. The summed E-state index contributed by atoms with van der Waals surface area (Å²) < 4.78 is 35.4. The average molecular weight is 506 g/mol. The molecule has 196 valence electrons. The van der Waals surface area contributed by atoms with Gasteiger partial charge in [0.25, 0.3) is 0 Å². The zero-order valence-corrected chi connectivity index (χ0v) is 20.3. The van der Waals surface area contributed by atoms with Crippen LogP contribution in [0.2, 0.25) is 0 Å². The number of hydrogen-bond acceptors (Lipinski definition) is 10. The highest BCUT2D eigenvalue weighted by molar-refractivity contribution is 5.70. The lowest BCUT2D eigenvalue weighted by Gasteiger charge is -2.49. The Morgan fingerprint density at radius 2 is 1.92 bits per heavy atom. The molecule has 0 bridgehead atoms. The highest BCUT2D eigenvalue weighted by Crippen LogP contribution is 2.38. The molecule has 0 amide bonds. The number of ether oxygens (including phenoxy) is 6. The molecule has 36 heavy (non-hydrogen) atoms. The molecule has 1 aliphatic carbocycles. The number of carbonyl (C=O) groups is 1. The van der Waals surface area contributed by atoms with Crippen molar-refractivity contribution in [3.8, 4) is 0 Å². The molecule has 0 radical (unpaired) electrons. The van der Waals surface area contributed by atoms with E-state index in [9.17, 15) is 10.3 Å². The average Bonchev–Trinajstić information content (AvgIpc) is 2.90. The third kappa shape index (κ3) is 7.11. The van der Waals surface area contributed by atoms with E-state index in [1.54, 1.807) is 0 Å². The minimum absolute atomic E-state index is 0.0135. The van der Waals surface area contributed by atoms with Gasteiger partial charge in [0.2, 0.25) is 0 Å². The number of rotatable bonds is 7. The Hall–Kier alpha value is -2.82. The van der Waals surface area contributed by atoms with E-state index in [0.29, 0.717) is 5.92 Å². The van der Waals surface area contributed by atoms with Gasteiger partial charge in [-0.15, -0.1) is 0 Å². The van der Waals surface area contributed by atoms with Gasteiger partial charge in [-0.3, -0.25) is 0 Å². The number of nitrogens with zero attached hydrogens (tertiary/aromatic N) is 3. The fourth-order valence-corrected chi connectivity index (χ4v) is 4.71. The first kappa shape index (κ1) is 27.8. The molecule has 2 saturated heterocycles. The minimum atomic E-state index is -0.843. The molecule has 12 heteroatoms. The maximum atomic E-state index is 11.8. The van der Waals surface area contributed by atoms with Gasteiger partial charge in [0.1, 0.15) is 31.0 Å². The van der Waals surface area contributed by atoms with Crippen LogP contribution in [0.25, 0.3) is 10.4 Å². The van der Waals surface area contributed by atoms with E-state index in [0.717, 1.165) is 24.8 Å². The molecule has 2 heterocycles. The summed E-state index contributed by atoms with van der Waals surface area (Å²) in [5.41, 5.74) is 10.1. The molecule has 0 N–H and O–H groups in total. The molecule has 1 aromatic carbocycles. The van der Waals surface area contributed by atoms with Gasteiger partial charge in [0, 0.05) is 10.5 Å². The Morgan fingerprint density at radius 1 is 1.19 bits per heavy atom. The van der Waals surface area contributed by atoms with Gasteiger partial charge in [-0.05, 0) is 24.3 Å². The monoisotopic (exact) mass is 505 g/mol. The first-order valence-electron chi connectivity index (χ1n) is 11.9. The van der Waals surface area contributed by atoms with Crippen LogP contribution in [0.5, 0.6) is 0 Å². The molecule has 0 aromatic heterocycles. The van der Waals surface area contributed by atoms with E-state index in [2.05, 4.69) is 16.9 Å². The van der Waals surface area contributed by atoms with Gasteiger partial charge >= 0.3 is 12.1 Å². The molecule has 8 atom stereocenters. The fraction of sp³-hybridized carbons (Fsp3) is 0.667. The van der Waals surface area contributed by atoms with Gasteiger partial charge in [-0.25, -0.2) is 4.79 Å². The number of azide groups is 1. The van der Waals surface area contributed by atoms with E-state index >= 15 is 0 Å². The topological polar surface area (TPSA) is 155 Å². The molecule has 3 fully saturated rings. The minimum Gasteiger partial charge on any atom is -0.467 e. The van der Waals surface area contributed by atoms with Crippen LogP contribution in [0.4, 0.5) is 0 Å². The lowest BCUT2D eigenvalue weighted by atomic mass is 9.87. The van der Waals surface area contributed by atoms with Crippen LogP contribution in [-0.4, -0.2) is 69.2 Å². The second-order valence-electron chi connectivity index (χ2n) is 8.79. The van der Waals surface area contributed by atoms with E-state index in [1.807, 2.05) is 30.3 Å². The van der Waals surface area contributed by atoms with Gasteiger partial charge in [-0.1, -0.05) is 55.2 Å². The largest absolute Gasteiger partial charge is 0.467 e. The molecule has 2 aliphatic heterocycles. The van der Waals surface area contributed by atoms with Crippen molar-refractivity contribution >= 4 is 12.1 Å². The Kier molecular flexibility index (Phi) is 10.8. The van der Waals surface area contributed by atoms with Gasteiger partial charge in [0.15, 0.2) is 12.6 Å². The van der Waals surface area contributed by atoms with Crippen LogP contribution in [-0.2, 0) is 42.8 Å². The van der Waals surface area contributed by atoms with Crippen molar-refractivity contribution in [2.45, 2.75) is 75.6 Å². The number of methoxy groups -OCH3 is 1. The summed E-state index contributed by atoms with van der Waals surface area (Å²) in [7, 11) is 1.29. The zero-order valence-electron chi connectivity index (χ0n) is 20.3. The van der Waals surface area contributed by atoms with Crippen molar-refractivity contribution in [3.05, 3.63) is 46.3 Å². The van der Waals surface area contributed by atoms with Gasteiger partial charge in [-0.2, -0.15) is 9.59 Å². The van der Waals surface area contributed by atoms with Crippen LogP contribution in [0.15, 0.2) is 35.4 Å². The Labute approximate surface area is 208 Å². The first-order chi connectivity index (χ1) is 17.5. The third-order valence-corrected chi connectivity index (χ3v) is 6.53. The quantitative estimate of drug-likeness (QED) is 0.235. The molecular weight excluding hydrogens is 474 g/mol. The summed E-state index contributed by atoms with van der Waals surface area (Å²) in [6.07, 6.45) is 1.07. The van der Waals surface area contributed by atoms with Crippen LogP contribution >= 0.6 is 0 Å². The summed E-state index contributed by atoms with van der Waals surface area (Å²) in [6.45, 7) is 2.08. The number of carbonyl (C=O) groups excluding carboxylic acids is 3. The molecule has 4 rings (SSSR count). The molecule has 0 spiro atoms. The van der Waals surface area contributed by atoms with Crippen molar-refractivity contribution in [3.63, 3.8) is 0 Å². The van der Waals surface area contributed by atoms with E-state index in [-0.39, 0.29) is 25.5 Å². The Bertz CT molecular complexity index is 921. The maximum Gasteiger partial charge on any atom is 0.373 e. The van der Waals surface area contributed by atoms with E-state index in [1.165, 1.54) is 13.5 Å². The highest BCUT2D eigenvalue weighted by atomic mass is 16.8. The molecule has 5 unspecified atom stereocenters. The predicted molar refractivity (Wildman–Crippen MR) is 121 cm³/mol. The van der Waals surface area contributed by atoms with Crippen molar-refractivity contribution < 1.29 is 42.8 Å². The second-order valence-corrected chi connectivity index (χ2v) is 8.79. The first-order valence-corrected chi connectivity index (χ1v) is 11.9. The van der Waals surface area contributed by atoms with E-state index < -0.39 is 42.9 Å². The van der Waals surface area contributed by atoms with Crippen LogP contribution < -0.4 is 0 Å². The van der Waals surface area contributed by atoms with Crippen LogP contribution in [0.3, 0.4) is 0 Å². The maximum absolute atomic E-state index is 11.8. The highest BCUT2D eigenvalue weighted by Gasteiger charge is 2.51. The standard InChI is InChI=1S/C23H31N3O7.CO2/c1-14-8-6-7-11-16(14)31-23-19(25-26-24)21(29-13-18(27)28-2)20-17(32-23)12-30-22(33-20)15-9-4-3-5-10-15;2-1-3/h3-5,9-10,14,16-17,19-23H,6-8,11-13H2,1-2H3;/t14-,16?,17?,19?,20+,21+,22?,23?;/m0./s1. The van der Waals surface area contributed by atoms with Crippen LogP contribution in [0, 0.1) is 5.92 Å². The predicted octanol–water partition coefficient (Wildman–Crippen LogP) is 3.07. The number of hydrogen-bond donors (Lipinski definition) is 0. The molecule has 1 aromatic rings. The SMILES string of the molecule is COC(=O)CO[C@@H]1C(N=[N+]=[N-])C(OC2CCCC[C@@H]2C)OC2COC(c3ccccc3)O[C@H]21.O=C=O. The van der Waals surface area contributed by atoms with Crippen molar-refractivity contribution in [1.82, 2.24) is 0 Å². The number of benzene rings is 1. The van der Waals surface area contributed by atoms with Gasteiger partial charge in [0.05, 0.1) is 19.8 Å². The third-order valence-electron chi connectivity index (χ3n) is 6.53. The van der Waals surface area contributed by atoms with Crippen LogP contribution in [0.1, 0.15) is 44.5 Å². The zero-order chi connectivity index (χ0) is 25.9. The van der Waals surface area contributed by atoms with Crippen molar-refractivity contribution in [2.75, 3.05) is 20.3 Å². The molecule has 12 nitrogen and oxygen atoms in total. The summed E-state index contributed by atoms with van der Waals surface area (Å²) in [5.74, 6) is -0.176. The summed E-state index contributed by atoms with van der Waals surface area (Å²) in [6, 6.07) is 8.67. The molecule has 3 aliphatic rings. The Morgan fingerprint density at radius 3 is 2.58 bits per heavy atom. The van der Waals surface area contributed by atoms with E-state index in [4.69, 9.17) is 38.0 Å². The van der Waals surface area contributed by atoms with Crippen molar-refractivity contribution in [1.29, 1.82) is 0 Å². The smallest absolute Gasteiger partial charge is 0.373 e. The van der Waals surface area contributed by atoms with Crippen molar-refractivity contribution in [2.24, 2.45) is 11.0 Å². The number of esters is 1. The van der Waals surface area contributed by atoms with Gasteiger partial charge < -0.3 is 28.4 Å². The summed E-state index contributed by atoms with van der Waals surface area (Å²) in [4.78, 5) is 31.1. The lowest BCUT2D eigenvalue weighted by Crippen LogP contribution is -2.63. The molecule has 1 saturated carbocycles.